The number of anilines is 1. The van der Waals surface area contributed by atoms with Crippen molar-refractivity contribution in [1.29, 1.82) is 0 Å². The van der Waals surface area contributed by atoms with E-state index in [1.807, 2.05) is 44.2 Å². The SMILES string of the molecule is Cc1c(NC(=O)[C@H](C)SC(=S)N2CCCC2)c(=O)n(-c2ccccc2)n1C. The molecule has 1 aromatic heterocycles. The summed E-state index contributed by atoms with van der Waals surface area (Å²) in [6.07, 6.45) is 2.28. The van der Waals surface area contributed by atoms with Gasteiger partial charge in [-0.3, -0.25) is 14.3 Å². The second kappa shape index (κ2) is 8.31. The molecule has 1 aromatic carbocycles. The van der Waals surface area contributed by atoms with Crippen LogP contribution in [0.2, 0.25) is 0 Å². The molecule has 0 aliphatic carbocycles. The molecule has 1 aliphatic rings. The van der Waals surface area contributed by atoms with E-state index < -0.39 is 0 Å². The molecule has 1 fully saturated rings. The predicted molar refractivity (Wildman–Crippen MR) is 115 cm³/mol. The second-order valence-corrected chi connectivity index (χ2v) is 8.62. The number of nitrogens with zero attached hydrogens (tertiary/aromatic N) is 3. The highest BCUT2D eigenvalue weighted by Crippen LogP contribution is 2.22. The zero-order chi connectivity index (χ0) is 19.6. The number of nitrogens with one attached hydrogen (secondary N) is 1. The van der Waals surface area contributed by atoms with Crippen molar-refractivity contribution in [2.45, 2.75) is 31.9 Å². The van der Waals surface area contributed by atoms with Gasteiger partial charge in [-0.1, -0.05) is 42.2 Å². The smallest absolute Gasteiger partial charge is 0.295 e. The average Bonchev–Trinajstić information content (AvgIpc) is 3.26. The third-order valence-corrected chi connectivity index (χ3v) is 6.39. The van der Waals surface area contributed by atoms with E-state index in [9.17, 15) is 9.59 Å². The van der Waals surface area contributed by atoms with E-state index in [0.29, 0.717) is 11.4 Å². The summed E-state index contributed by atoms with van der Waals surface area (Å²) in [5.41, 5.74) is 1.53. The van der Waals surface area contributed by atoms with Gasteiger partial charge in [0.05, 0.1) is 16.6 Å². The fourth-order valence-electron chi connectivity index (χ4n) is 3.12. The maximum absolute atomic E-state index is 12.9. The highest BCUT2D eigenvalue weighted by molar-refractivity contribution is 8.23. The third kappa shape index (κ3) is 4.11. The lowest BCUT2D eigenvalue weighted by molar-refractivity contribution is -0.115. The number of para-hydroxylation sites is 1. The molecule has 0 spiro atoms. The molecule has 8 heteroatoms. The minimum Gasteiger partial charge on any atom is -0.358 e. The van der Waals surface area contributed by atoms with Crippen molar-refractivity contribution < 1.29 is 4.79 Å². The number of carbonyl (C=O) groups excluding carboxylic acids is 1. The van der Waals surface area contributed by atoms with Gasteiger partial charge in [-0.15, -0.1) is 0 Å². The van der Waals surface area contributed by atoms with E-state index in [4.69, 9.17) is 12.2 Å². The maximum Gasteiger partial charge on any atom is 0.295 e. The minimum absolute atomic E-state index is 0.215. The van der Waals surface area contributed by atoms with Crippen LogP contribution in [-0.2, 0) is 11.8 Å². The zero-order valence-corrected chi connectivity index (χ0v) is 17.4. The summed E-state index contributed by atoms with van der Waals surface area (Å²) in [7, 11) is 1.81. The Kier molecular flexibility index (Phi) is 6.06. The zero-order valence-electron chi connectivity index (χ0n) is 15.8. The van der Waals surface area contributed by atoms with Crippen LogP contribution in [0, 0.1) is 6.92 Å². The van der Waals surface area contributed by atoms with E-state index >= 15 is 0 Å². The first-order valence-corrected chi connectivity index (χ1v) is 10.3. The van der Waals surface area contributed by atoms with Crippen LogP contribution in [0.5, 0.6) is 0 Å². The van der Waals surface area contributed by atoms with Gasteiger partial charge in [0, 0.05) is 20.1 Å². The fourth-order valence-corrected chi connectivity index (χ4v) is 4.53. The van der Waals surface area contributed by atoms with Crippen molar-refractivity contribution >= 4 is 39.9 Å². The first-order chi connectivity index (χ1) is 12.9. The number of hydrogen-bond acceptors (Lipinski definition) is 4. The highest BCUT2D eigenvalue weighted by Gasteiger charge is 2.24. The van der Waals surface area contributed by atoms with Gasteiger partial charge in [-0.25, -0.2) is 4.68 Å². The molecule has 6 nitrogen and oxygen atoms in total. The van der Waals surface area contributed by atoms with Crippen LogP contribution in [0.3, 0.4) is 0 Å². The molecule has 2 aromatic rings. The van der Waals surface area contributed by atoms with Crippen molar-refractivity contribution in [3.8, 4) is 5.69 Å². The van der Waals surface area contributed by atoms with E-state index in [0.717, 1.165) is 35.9 Å². The second-order valence-electron chi connectivity index (χ2n) is 6.65. The van der Waals surface area contributed by atoms with E-state index in [1.54, 1.807) is 16.4 Å². The van der Waals surface area contributed by atoms with Crippen LogP contribution in [0.1, 0.15) is 25.5 Å². The Morgan fingerprint density at radius 1 is 1.22 bits per heavy atom. The van der Waals surface area contributed by atoms with Gasteiger partial charge in [-0.2, -0.15) is 0 Å². The maximum atomic E-state index is 12.9. The number of amides is 1. The lowest BCUT2D eigenvalue weighted by Crippen LogP contribution is -2.31. The Balaban J connectivity index is 1.76. The van der Waals surface area contributed by atoms with Gasteiger partial charge >= 0.3 is 0 Å². The van der Waals surface area contributed by atoms with E-state index in [-0.39, 0.29) is 16.7 Å². The molecular formula is C19H24N4O2S2. The van der Waals surface area contributed by atoms with Gasteiger partial charge in [0.25, 0.3) is 5.56 Å². The van der Waals surface area contributed by atoms with E-state index in [1.165, 1.54) is 11.8 Å². The average molecular weight is 405 g/mol. The van der Waals surface area contributed by atoms with Gasteiger partial charge in [0.15, 0.2) is 0 Å². The van der Waals surface area contributed by atoms with Crippen LogP contribution >= 0.6 is 24.0 Å². The van der Waals surface area contributed by atoms with Crippen molar-refractivity contribution in [3.05, 3.63) is 46.4 Å². The lowest BCUT2D eigenvalue weighted by Gasteiger charge is -2.20. The molecule has 0 radical (unpaired) electrons. The van der Waals surface area contributed by atoms with Crippen LogP contribution in [0.15, 0.2) is 35.1 Å². The topological polar surface area (TPSA) is 59.3 Å². The van der Waals surface area contributed by atoms with Gasteiger partial charge in [-0.05, 0) is 38.8 Å². The Bertz CT molecular complexity index is 898. The number of thioether (sulfide) groups is 1. The van der Waals surface area contributed by atoms with Crippen molar-refractivity contribution in [2.75, 3.05) is 18.4 Å². The number of rotatable bonds is 4. The summed E-state index contributed by atoms with van der Waals surface area (Å²) < 4.78 is 4.05. The minimum atomic E-state index is -0.373. The molecule has 3 rings (SSSR count). The summed E-state index contributed by atoms with van der Waals surface area (Å²) >= 11 is 6.83. The van der Waals surface area contributed by atoms with Gasteiger partial charge in [0.1, 0.15) is 10.0 Å². The normalized spacial score (nSPS) is 15.0. The Labute approximate surface area is 168 Å². The molecule has 144 valence electrons. The summed E-state index contributed by atoms with van der Waals surface area (Å²) in [6.45, 7) is 5.55. The summed E-state index contributed by atoms with van der Waals surface area (Å²) in [5.74, 6) is -0.215. The monoisotopic (exact) mass is 404 g/mol. The first kappa shape index (κ1) is 19.7. The molecule has 1 saturated heterocycles. The van der Waals surface area contributed by atoms with Crippen molar-refractivity contribution in [3.63, 3.8) is 0 Å². The number of likely N-dealkylation sites (tertiary alicyclic amines) is 1. The number of hydrogen-bond donors (Lipinski definition) is 1. The number of aromatic nitrogens is 2. The summed E-state index contributed by atoms with van der Waals surface area (Å²) in [6, 6.07) is 9.37. The summed E-state index contributed by atoms with van der Waals surface area (Å²) in [5, 5.41) is 2.44. The van der Waals surface area contributed by atoms with Gasteiger partial charge in [0.2, 0.25) is 5.91 Å². The molecule has 1 N–H and O–H groups in total. The largest absolute Gasteiger partial charge is 0.358 e. The molecule has 27 heavy (non-hydrogen) atoms. The molecule has 1 atom stereocenters. The molecule has 1 aliphatic heterocycles. The van der Waals surface area contributed by atoms with Crippen molar-refractivity contribution in [1.82, 2.24) is 14.3 Å². The highest BCUT2D eigenvalue weighted by atomic mass is 32.2. The molecule has 0 saturated carbocycles. The molecular weight excluding hydrogens is 380 g/mol. The molecule has 0 bridgehead atoms. The quantitative estimate of drug-likeness (QED) is 0.794. The Morgan fingerprint density at radius 3 is 2.48 bits per heavy atom. The third-order valence-electron chi connectivity index (χ3n) is 4.81. The molecule has 1 amide bonds. The summed E-state index contributed by atoms with van der Waals surface area (Å²) in [4.78, 5) is 27.7. The van der Waals surface area contributed by atoms with E-state index in [2.05, 4.69) is 10.2 Å². The molecule has 2 heterocycles. The Hall–Kier alpha value is -2.06. The number of benzene rings is 1. The Morgan fingerprint density at radius 2 is 1.85 bits per heavy atom. The predicted octanol–water partition coefficient (Wildman–Crippen LogP) is 2.93. The van der Waals surface area contributed by atoms with Crippen molar-refractivity contribution in [2.24, 2.45) is 7.05 Å². The number of thiocarbonyl (C=S) groups is 1. The van der Waals surface area contributed by atoms with Crippen LogP contribution in [0.4, 0.5) is 5.69 Å². The first-order valence-electron chi connectivity index (χ1n) is 9.00. The molecule has 0 unspecified atom stereocenters. The van der Waals surface area contributed by atoms with Crippen LogP contribution in [0.25, 0.3) is 5.69 Å². The number of carbonyl (C=O) groups is 1. The van der Waals surface area contributed by atoms with Crippen LogP contribution < -0.4 is 10.9 Å². The standard InChI is InChI=1S/C19H24N4O2S2/c1-13-16(18(25)23(21(13)3)15-9-5-4-6-10-15)20-17(24)14(2)27-19(26)22-11-7-8-12-22/h4-6,9-10,14H,7-8,11-12H2,1-3H3,(H,20,24)/t14-/m0/s1. The van der Waals surface area contributed by atoms with Gasteiger partial charge < -0.3 is 10.2 Å². The fraction of sp³-hybridized carbons (Fsp3) is 0.421. The van der Waals surface area contributed by atoms with Crippen LogP contribution in [-0.4, -0.2) is 42.8 Å². The lowest BCUT2D eigenvalue weighted by atomic mass is 10.3.